The molecule has 1 aromatic heterocycles. The maximum atomic E-state index is 13.1. The smallest absolute Gasteiger partial charge is 0.497 e. The number of halogens is 5. The number of benzene rings is 3. The minimum absolute atomic E-state index is 0.310. The van der Waals surface area contributed by atoms with Crippen LogP contribution in [0.15, 0.2) is 78.2 Å². The highest BCUT2D eigenvalue weighted by molar-refractivity contribution is 7.80. The molecule has 8 nitrogen and oxygen atoms in total. The number of hydrazone groups is 1. The Morgan fingerprint density at radius 2 is 1.65 bits per heavy atom. The molecular weight excluding hydrogens is 555 g/mol. The van der Waals surface area contributed by atoms with Gasteiger partial charge in [0.25, 0.3) is 0 Å². The summed E-state index contributed by atoms with van der Waals surface area (Å²) in [6, 6.07) is 17.2. The molecule has 208 valence electrons. The van der Waals surface area contributed by atoms with Crippen molar-refractivity contribution in [3.05, 3.63) is 84.2 Å². The van der Waals surface area contributed by atoms with Crippen LogP contribution in [0.3, 0.4) is 0 Å². The normalized spacial score (nSPS) is 11.9. The van der Waals surface area contributed by atoms with E-state index in [2.05, 4.69) is 30.7 Å². The van der Waals surface area contributed by atoms with Crippen LogP contribution in [0, 0.1) is 6.92 Å². The fourth-order valence-corrected chi connectivity index (χ4v) is 3.49. The number of aryl methyl sites for hydroxylation is 1. The van der Waals surface area contributed by atoms with Crippen LogP contribution in [0.5, 0.6) is 11.5 Å². The molecule has 0 amide bonds. The van der Waals surface area contributed by atoms with E-state index in [-0.39, 0.29) is 0 Å². The van der Waals surface area contributed by atoms with Gasteiger partial charge in [-0.25, -0.2) is 9.67 Å². The molecule has 2 N–H and O–H groups in total. The van der Waals surface area contributed by atoms with E-state index >= 15 is 0 Å². The molecule has 0 fully saturated rings. The van der Waals surface area contributed by atoms with Crippen molar-refractivity contribution in [3.8, 4) is 28.6 Å². The second kappa shape index (κ2) is 11.7. The molecule has 0 bridgehead atoms. The number of thiocarbonyl (C=S) groups is 1. The molecule has 0 unspecified atom stereocenters. The number of nitrogens with one attached hydrogen (secondary N) is 2. The van der Waals surface area contributed by atoms with Crippen LogP contribution in [-0.4, -0.2) is 45.5 Å². The average molecular weight is 577 g/mol. The maximum Gasteiger partial charge on any atom is 0.499 e. The number of methoxy groups -OCH3 is 1. The molecule has 3 aromatic carbocycles. The van der Waals surface area contributed by atoms with Crippen LogP contribution < -0.4 is 20.2 Å². The van der Waals surface area contributed by atoms with Crippen LogP contribution in [0.2, 0.25) is 0 Å². The summed E-state index contributed by atoms with van der Waals surface area (Å²) in [5, 5.41) is 11.8. The number of alkyl halides is 5. The van der Waals surface area contributed by atoms with E-state index in [1.807, 2.05) is 25.1 Å². The highest BCUT2D eigenvalue weighted by Crippen LogP contribution is 2.37. The second-order valence-corrected chi connectivity index (χ2v) is 8.66. The number of aromatic nitrogens is 3. The van der Waals surface area contributed by atoms with Crippen LogP contribution in [0.4, 0.5) is 27.6 Å². The Kier molecular flexibility index (Phi) is 8.28. The molecular formula is C26H21F5N6O2S. The van der Waals surface area contributed by atoms with Crippen molar-refractivity contribution < 1.29 is 31.4 Å². The first kappa shape index (κ1) is 28.4. The quantitative estimate of drug-likeness (QED) is 0.113. The number of hydrogen-bond acceptors (Lipinski definition) is 6. The number of nitrogens with zero attached hydrogens (tertiary/aromatic N) is 4. The predicted octanol–water partition coefficient (Wildman–Crippen LogP) is 6.11. The molecule has 0 saturated carbocycles. The predicted molar refractivity (Wildman–Crippen MR) is 143 cm³/mol. The minimum atomic E-state index is -5.83. The lowest BCUT2D eigenvalue weighted by atomic mass is 10.1. The first-order valence-electron chi connectivity index (χ1n) is 11.5. The van der Waals surface area contributed by atoms with Gasteiger partial charge in [-0.3, -0.25) is 5.43 Å². The van der Waals surface area contributed by atoms with Crippen molar-refractivity contribution in [2.75, 3.05) is 12.4 Å². The van der Waals surface area contributed by atoms with Gasteiger partial charge < -0.3 is 14.8 Å². The van der Waals surface area contributed by atoms with Gasteiger partial charge in [0.05, 0.1) is 19.0 Å². The zero-order valence-electron chi connectivity index (χ0n) is 20.9. The third-order valence-corrected chi connectivity index (χ3v) is 5.59. The van der Waals surface area contributed by atoms with Crippen LogP contribution >= 0.6 is 12.2 Å². The highest BCUT2D eigenvalue weighted by Gasteiger charge is 2.61. The Balaban J connectivity index is 1.34. The van der Waals surface area contributed by atoms with Gasteiger partial charge in [-0.1, -0.05) is 24.3 Å². The summed E-state index contributed by atoms with van der Waals surface area (Å²) < 4.78 is 73.5. The molecule has 0 spiro atoms. The largest absolute Gasteiger partial charge is 0.499 e. The van der Waals surface area contributed by atoms with Gasteiger partial charge in [-0.05, 0) is 72.7 Å². The van der Waals surface area contributed by atoms with E-state index in [0.29, 0.717) is 22.2 Å². The summed E-state index contributed by atoms with van der Waals surface area (Å²) in [6.45, 7) is 1.92. The molecule has 0 radical (unpaired) electrons. The van der Waals surface area contributed by atoms with Gasteiger partial charge >= 0.3 is 12.3 Å². The Morgan fingerprint density at radius 1 is 0.975 bits per heavy atom. The zero-order valence-corrected chi connectivity index (χ0v) is 21.7. The van der Waals surface area contributed by atoms with E-state index in [4.69, 9.17) is 17.0 Å². The first-order valence-corrected chi connectivity index (χ1v) is 11.9. The maximum absolute atomic E-state index is 13.1. The van der Waals surface area contributed by atoms with Gasteiger partial charge in [0.2, 0.25) is 0 Å². The standard InChI is InChI=1S/C26H21F5N6O2S/c1-16-13-21(38-2)11-12-22(16)34-24(40)35-33-14-17-3-5-18(6-4-17)23-32-15-37(36-23)19-7-9-20(10-8-19)39-26(30,31)25(27,28)29/h3-15H,1-2H3,(H2,34,35,40)/b33-14+. The monoisotopic (exact) mass is 576 g/mol. The van der Waals surface area contributed by atoms with Gasteiger partial charge in [0.15, 0.2) is 10.9 Å². The highest BCUT2D eigenvalue weighted by atomic mass is 32.1. The van der Waals surface area contributed by atoms with Crippen molar-refractivity contribution in [1.82, 2.24) is 20.2 Å². The van der Waals surface area contributed by atoms with Gasteiger partial charge in [0.1, 0.15) is 17.8 Å². The third-order valence-electron chi connectivity index (χ3n) is 5.40. The minimum Gasteiger partial charge on any atom is -0.497 e. The molecule has 4 aromatic rings. The fourth-order valence-electron chi connectivity index (χ4n) is 3.33. The van der Waals surface area contributed by atoms with E-state index in [0.717, 1.165) is 34.7 Å². The molecule has 0 saturated heterocycles. The van der Waals surface area contributed by atoms with Crippen molar-refractivity contribution in [1.29, 1.82) is 0 Å². The molecule has 0 aliphatic rings. The molecule has 0 atom stereocenters. The summed E-state index contributed by atoms with van der Waals surface area (Å²) in [6.07, 6.45) is -8.17. The zero-order chi connectivity index (χ0) is 28.9. The first-order chi connectivity index (χ1) is 18.9. The number of ether oxygens (including phenoxy) is 2. The van der Waals surface area contributed by atoms with E-state index in [9.17, 15) is 22.0 Å². The molecule has 14 heteroatoms. The SMILES string of the molecule is COc1ccc(NC(=S)N/N=C/c2ccc(-c3ncn(-c4ccc(OC(F)(F)C(F)(F)F)cc4)n3)cc2)c(C)c1. The van der Waals surface area contributed by atoms with Gasteiger partial charge in [-0.2, -0.15) is 27.1 Å². The fraction of sp³-hybridized carbons (Fsp3) is 0.154. The van der Waals surface area contributed by atoms with Crippen LogP contribution in [0.1, 0.15) is 11.1 Å². The molecule has 0 aliphatic heterocycles. The lowest BCUT2D eigenvalue weighted by Crippen LogP contribution is -2.41. The summed E-state index contributed by atoms with van der Waals surface area (Å²) in [5.41, 5.74) is 6.35. The lowest BCUT2D eigenvalue weighted by molar-refractivity contribution is -0.360. The summed E-state index contributed by atoms with van der Waals surface area (Å²) in [5.74, 6) is 0.462. The Bertz CT molecular complexity index is 1510. The summed E-state index contributed by atoms with van der Waals surface area (Å²) in [7, 11) is 1.60. The Hall–Kier alpha value is -4.59. The van der Waals surface area contributed by atoms with Crippen LogP contribution in [-0.2, 0) is 0 Å². The van der Waals surface area contributed by atoms with Gasteiger partial charge in [-0.15, -0.1) is 5.10 Å². The number of hydrogen-bond donors (Lipinski definition) is 2. The van der Waals surface area contributed by atoms with Crippen molar-refractivity contribution >= 4 is 29.2 Å². The molecule has 4 rings (SSSR count). The van der Waals surface area contributed by atoms with E-state index in [1.165, 1.54) is 23.1 Å². The number of anilines is 1. The van der Waals surface area contributed by atoms with E-state index < -0.39 is 18.0 Å². The van der Waals surface area contributed by atoms with E-state index in [1.54, 1.807) is 37.6 Å². The molecule has 40 heavy (non-hydrogen) atoms. The van der Waals surface area contributed by atoms with Crippen molar-refractivity contribution in [3.63, 3.8) is 0 Å². The summed E-state index contributed by atoms with van der Waals surface area (Å²) >= 11 is 5.27. The van der Waals surface area contributed by atoms with Crippen molar-refractivity contribution in [2.24, 2.45) is 5.10 Å². The summed E-state index contributed by atoms with van der Waals surface area (Å²) in [4.78, 5) is 4.22. The third kappa shape index (κ3) is 6.88. The molecule has 1 heterocycles. The topological polar surface area (TPSA) is 85.6 Å². The lowest BCUT2D eigenvalue weighted by Gasteiger charge is -2.20. The Morgan fingerprint density at radius 3 is 2.27 bits per heavy atom. The molecule has 0 aliphatic carbocycles. The van der Waals surface area contributed by atoms with Crippen LogP contribution in [0.25, 0.3) is 17.1 Å². The average Bonchev–Trinajstić information content (AvgIpc) is 3.40. The van der Waals surface area contributed by atoms with Crippen molar-refractivity contribution in [2.45, 2.75) is 19.2 Å². The Labute approximate surface area is 230 Å². The number of rotatable bonds is 8. The second-order valence-electron chi connectivity index (χ2n) is 8.25. The van der Waals surface area contributed by atoms with Gasteiger partial charge in [0, 0.05) is 11.3 Å².